The van der Waals surface area contributed by atoms with Gasteiger partial charge in [0.25, 0.3) is 0 Å². The van der Waals surface area contributed by atoms with Gasteiger partial charge in [0.15, 0.2) is 0 Å². The van der Waals surface area contributed by atoms with Gasteiger partial charge in [0.05, 0.1) is 20.6 Å². The Morgan fingerprint density at radius 1 is 0.424 bits per heavy atom. The summed E-state index contributed by atoms with van der Waals surface area (Å²) in [5.41, 5.74) is 7.30. The van der Waals surface area contributed by atoms with Crippen LogP contribution in [0, 0.1) is 6.07 Å². The van der Waals surface area contributed by atoms with Crippen molar-refractivity contribution in [2.45, 2.75) is 12.4 Å². The van der Waals surface area contributed by atoms with Crippen molar-refractivity contribution < 1.29 is 47.2 Å². The molecule has 11 rings (SSSR count). The van der Waals surface area contributed by atoms with Crippen LogP contribution in [-0.2, 0) is 33.2 Å². The average Bonchev–Trinajstić information content (AvgIpc) is 4.08. The summed E-state index contributed by atoms with van der Waals surface area (Å²) in [6.07, 6.45) is -8.76. The van der Waals surface area contributed by atoms with Gasteiger partial charge in [-0.25, -0.2) is 0 Å². The SMILES string of the molecule is FC(F)(F)c1ccccc1-c1cccc2[cH-]c(-c3ccccc3)cc12.FC(F)(F)c1ccccc1-c1cccc2[cH-]c(-c3ccccc3)cc12.[Cl][Zr][Cl].[c-]1cccc2c1[Si]c1ccccc1-2. The monoisotopic (exact) mass is 1010 g/mol. The second-order valence-electron chi connectivity index (χ2n) is 15.1. The number of fused-ring (bicyclic) bond motifs is 5. The molecule has 1 heterocycles. The molecule has 1 aliphatic heterocycles. The second-order valence-corrected chi connectivity index (χ2v) is 20.1. The summed E-state index contributed by atoms with van der Waals surface area (Å²) >= 11 is -0.826. The van der Waals surface area contributed by atoms with Gasteiger partial charge in [-0.1, -0.05) is 179 Å². The van der Waals surface area contributed by atoms with Crippen LogP contribution in [0.4, 0.5) is 26.3 Å². The van der Waals surface area contributed by atoms with Crippen LogP contribution < -0.4 is 10.4 Å². The Balaban J connectivity index is 0.000000136. The molecule has 0 fully saturated rings. The number of alkyl halides is 6. The van der Waals surface area contributed by atoms with Gasteiger partial charge in [0.1, 0.15) is 0 Å². The van der Waals surface area contributed by atoms with Gasteiger partial charge in [-0.15, -0.1) is 74.6 Å². The summed E-state index contributed by atoms with van der Waals surface area (Å²) < 4.78 is 80.4. The van der Waals surface area contributed by atoms with Crippen LogP contribution in [0.2, 0.25) is 0 Å². The smallest absolute Gasteiger partial charge is 0.0920 e. The van der Waals surface area contributed by atoms with Gasteiger partial charge in [-0.2, -0.15) is 55.8 Å². The van der Waals surface area contributed by atoms with E-state index < -0.39 is 44.3 Å². The minimum atomic E-state index is -4.38. The molecule has 0 amide bonds. The zero-order valence-corrected chi connectivity index (χ0v) is 39.7. The first-order chi connectivity index (χ1) is 31.9. The number of rotatable bonds is 4. The van der Waals surface area contributed by atoms with Crippen LogP contribution in [0.5, 0.6) is 0 Å². The van der Waals surface area contributed by atoms with E-state index in [1.54, 1.807) is 36.4 Å². The molecule has 326 valence electrons. The molecular weight excluding hydrogens is 977 g/mol. The minimum absolute atomic E-state index is 0.214. The molecule has 10 aromatic carbocycles. The third kappa shape index (κ3) is 10.6. The molecular formula is C56H35Cl2F6SiZr-3. The summed E-state index contributed by atoms with van der Waals surface area (Å²) in [6, 6.07) is 68.3. The zero-order chi connectivity index (χ0) is 46.3. The van der Waals surface area contributed by atoms with Crippen molar-refractivity contribution in [1.82, 2.24) is 0 Å². The fourth-order valence-corrected chi connectivity index (χ4v) is 9.50. The summed E-state index contributed by atoms with van der Waals surface area (Å²) in [6.45, 7) is 0. The standard InChI is InChI=1S/2C22H14F3.C12H7Si.2ClH.Zr/c2*23-22(24,25)21-12-5-4-10-19(21)18-11-6-9-16-13-17(14-20(16)18)15-7-2-1-3-8-15;1-3-7-11-9(5-1)10-6-2-4-8-12(10)13-11;;;/h2*1-14H;1-7H;2*1H;/q3*-1;;;+2/p-2. The van der Waals surface area contributed by atoms with Crippen molar-refractivity contribution in [2.75, 3.05) is 0 Å². The van der Waals surface area contributed by atoms with E-state index in [9.17, 15) is 26.3 Å². The average molecular weight is 1010 g/mol. The van der Waals surface area contributed by atoms with E-state index in [1.165, 1.54) is 45.8 Å². The normalized spacial score (nSPS) is 11.6. The summed E-state index contributed by atoms with van der Waals surface area (Å²) in [7, 11) is 10.7. The number of hydrogen-bond donors (Lipinski definition) is 0. The number of halogens is 8. The molecule has 0 saturated carbocycles. The third-order valence-corrected chi connectivity index (χ3v) is 12.5. The second kappa shape index (κ2) is 20.8. The first kappa shape index (κ1) is 46.8. The maximum atomic E-state index is 13.4. The van der Waals surface area contributed by atoms with E-state index in [2.05, 4.69) is 42.5 Å². The summed E-state index contributed by atoms with van der Waals surface area (Å²) in [4.78, 5) is 0. The summed E-state index contributed by atoms with van der Waals surface area (Å²) in [5, 5.41) is 6.36. The Morgan fingerprint density at radius 3 is 1.29 bits per heavy atom. The van der Waals surface area contributed by atoms with Crippen molar-refractivity contribution in [3.8, 4) is 55.6 Å². The molecule has 0 saturated heterocycles. The first-order valence-electron chi connectivity index (χ1n) is 20.6. The van der Waals surface area contributed by atoms with Crippen LogP contribution >= 0.6 is 17.0 Å². The van der Waals surface area contributed by atoms with E-state index in [0.717, 1.165) is 65.5 Å². The molecule has 0 aliphatic carbocycles. The Labute approximate surface area is 400 Å². The van der Waals surface area contributed by atoms with Gasteiger partial charge in [0.2, 0.25) is 0 Å². The molecule has 0 aromatic heterocycles. The predicted molar refractivity (Wildman–Crippen MR) is 258 cm³/mol. The van der Waals surface area contributed by atoms with Crippen LogP contribution in [-0.4, -0.2) is 9.52 Å². The van der Waals surface area contributed by atoms with Crippen LogP contribution in [0.25, 0.3) is 77.2 Å². The van der Waals surface area contributed by atoms with Crippen molar-refractivity contribution in [1.29, 1.82) is 0 Å². The number of hydrogen-bond acceptors (Lipinski definition) is 0. The third-order valence-electron chi connectivity index (χ3n) is 11.1. The first-order valence-corrected chi connectivity index (χ1v) is 27.9. The van der Waals surface area contributed by atoms with Crippen molar-refractivity contribution in [3.05, 3.63) is 230 Å². The van der Waals surface area contributed by atoms with Crippen molar-refractivity contribution in [2.24, 2.45) is 0 Å². The Kier molecular flexibility index (Phi) is 14.8. The van der Waals surface area contributed by atoms with Crippen LogP contribution in [0.15, 0.2) is 212 Å². The fraction of sp³-hybridized carbons (Fsp3) is 0.0357. The zero-order valence-electron chi connectivity index (χ0n) is 34.7. The maximum absolute atomic E-state index is 13.4. The molecule has 66 heavy (non-hydrogen) atoms. The van der Waals surface area contributed by atoms with Gasteiger partial charge in [0, 0.05) is 0 Å². The molecule has 0 N–H and O–H groups in total. The largest absolute Gasteiger partial charge is 0.184 e. The quantitative estimate of drug-likeness (QED) is 0.0936. The molecule has 0 spiro atoms. The van der Waals surface area contributed by atoms with Gasteiger partial charge in [-0.05, 0) is 23.3 Å². The van der Waals surface area contributed by atoms with Crippen molar-refractivity contribution in [3.63, 3.8) is 0 Å². The maximum Gasteiger partial charge on any atom is 0.0920 e. The van der Waals surface area contributed by atoms with Gasteiger partial charge >= 0.3 is 50.2 Å². The van der Waals surface area contributed by atoms with Crippen LogP contribution in [0.1, 0.15) is 11.1 Å². The van der Waals surface area contributed by atoms with E-state index >= 15 is 0 Å². The molecule has 0 nitrogen and oxygen atoms in total. The topological polar surface area (TPSA) is 0 Å². The summed E-state index contributed by atoms with van der Waals surface area (Å²) in [5.74, 6) is 0. The molecule has 0 atom stereocenters. The molecule has 10 aromatic rings. The molecule has 0 bridgehead atoms. The minimum Gasteiger partial charge on any atom is -0.184 e. The Morgan fingerprint density at radius 2 is 0.818 bits per heavy atom. The van der Waals surface area contributed by atoms with E-state index in [1.807, 2.05) is 103 Å². The molecule has 2 radical (unpaired) electrons. The fourth-order valence-electron chi connectivity index (χ4n) is 8.19. The Bertz CT molecular complexity index is 3000. The molecule has 10 heteroatoms. The molecule has 0 unspecified atom stereocenters. The van der Waals surface area contributed by atoms with Crippen LogP contribution in [0.3, 0.4) is 0 Å². The predicted octanol–water partition coefficient (Wildman–Crippen LogP) is 16.3. The van der Waals surface area contributed by atoms with E-state index in [0.29, 0.717) is 11.1 Å². The molecule has 1 aliphatic rings. The number of benzene rings is 8. The van der Waals surface area contributed by atoms with Crippen molar-refractivity contribution >= 4 is 58.5 Å². The Hall–Kier alpha value is -5.76. The van der Waals surface area contributed by atoms with Gasteiger partial charge < -0.3 is 0 Å². The van der Waals surface area contributed by atoms with E-state index in [4.69, 9.17) is 17.0 Å². The van der Waals surface area contributed by atoms with E-state index in [-0.39, 0.29) is 11.1 Å². The van der Waals surface area contributed by atoms with Gasteiger partial charge in [-0.3, -0.25) is 0 Å².